The van der Waals surface area contributed by atoms with Crippen molar-refractivity contribution >= 4 is 17.9 Å². The van der Waals surface area contributed by atoms with Gasteiger partial charge in [-0.1, -0.05) is 36.4 Å². The number of para-hydroxylation sites is 2. The van der Waals surface area contributed by atoms with Gasteiger partial charge < -0.3 is 35.0 Å². The number of aliphatic imine (C=N–C) groups is 3. The maximum absolute atomic E-state index is 10.6. The van der Waals surface area contributed by atoms with Crippen molar-refractivity contribution in [2.45, 2.75) is 35.7 Å². The lowest BCUT2D eigenvalue weighted by molar-refractivity contribution is -0.0688. The highest BCUT2D eigenvalue weighted by molar-refractivity contribution is 6.48. The number of ether oxygens (including phenoxy) is 2. The Bertz CT molecular complexity index is 1220. The standard InChI is InChI=1S/C24H26N6O5/c1-26-23(13-6-2-4-8-15(13)34-16-9-5-3-7-14(16)23)24(25)20-21(27-11-29-24)30(12-28-20)22-19(33)18(32)17(10-31)35-22/h2-9,11,17-19,22,26,31-33H,10,12,25H2,1H3/t17-,18-,19-,22-,24?/m1/s1. The highest BCUT2D eigenvalue weighted by Gasteiger charge is 2.61. The molecule has 0 amide bonds. The molecule has 4 aliphatic rings. The fourth-order valence-corrected chi connectivity index (χ4v) is 5.56. The van der Waals surface area contributed by atoms with Gasteiger partial charge in [-0.05, 0) is 19.2 Å². The van der Waals surface area contributed by atoms with Crippen LogP contribution in [-0.4, -0.2) is 88.6 Å². The van der Waals surface area contributed by atoms with Crippen LogP contribution in [0.1, 0.15) is 11.1 Å². The average Bonchev–Trinajstić information content (AvgIpc) is 3.44. The maximum Gasteiger partial charge on any atom is 0.182 e. The van der Waals surface area contributed by atoms with E-state index in [0.29, 0.717) is 23.0 Å². The zero-order valence-electron chi connectivity index (χ0n) is 18.9. The molecule has 1 fully saturated rings. The Labute approximate surface area is 201 Å². The topological polar surface area (TPSA) is 158 Å². The van der Waals surface area contributed by atoms with Crippen LogP contribution >= 0.6 is 0 Å². The normalized spacial score (nSPS) is 32.3. The molecule has 2 aromatic carbocycles. The van der Waals surface area contributed by atoms with Gasteiger partial charge >= 0.3 is 0 Å². The summed E-state index contributed by atoms with van der Waals surface area (Å²) in [4.78, 5) is 15.5. The Kier molecular flexibility index (Phi) is 5.04. The molecule has 5 atom stereocenters. The van der Waals surface area contributed by atoms with Crippen LogP contribution in [0.25, 0.3) is 0 Å². The molecule has 11 heteroatoms. The van der Waals surface area contributed by atoms with Crippen molar-refractivity contribution < 1.29 is 24.8 Å². The zero-order chi connectivity index (χ0) is 24.4. The summed E-state index contributed by atoms with van der Waals surface area (Å²) in [5.74, 6) is 1.67. The maximum atomic E-state index is 10.6. The molecule has 4 heterocycles. The number of rotatable bonds is 4. The lowest BCUT2D eigenvalue weighted by Crippen LogP contribution is -2.71. The van der Waals surface area contributed by atoms with Gasteiger partial charge in [0.15, 0.2) is 17.7 Å². The van der Waals surface area contributed by atoms with E-state index in [2.05, 4.69) is 10.3 Å². The second kappa shape index (κ2) is 7.92. The molecular formula is C24H26N6O5. The van der Waals surface area contributed by atoms with Crippen molar-refractivity contribution in [2.24, 2.45) is 20.7 Å². The van der Waals surface area contributed by atoms with E-state index in [1.807, 2.05) is 55.6 Å². The Morgan fingerprint density at radius 2 is 1.74 bits per heavy atom. The molecular weight excluding hydrogens is 452 g/mol. The number of benzene rings is 2. The van der Waals surface area contributed by atoms with E-state index in [0.717, 1.165) is 11.1 Å². The van der Waals surface area contributed by atoms with E-state index in [9.17, 15) is 15.3 Å². The molecule has 0 saturated carbocycles. The fourth-order valence-electron chi connectivity index (χ4n) is 5.56. The van der Waals surface area contributed by atoms with Gasteiger partial charge in [0.05, 0.1) is 6.61 Å². The van der Waals surface area contributed by atoms with Crippen LogP contribution in [0.3, 0.4) is 0 Å². The molecule has 6 rings (SSSR count). The van der Waals surface area contributed by atoms with Gasteiger partial charge in [0.25, 0.3) is 0 Å². The van der Waals surface area contributed by atoms with Crippen molar-refractivity contribution in [3.05, 3.63) is 59.7 Å². The number of nitrogens with two attached hydrogens (primary N) is 1. The quantitative estimate of drug-likeness (QED) is 0.394. The lowest BCUT2D eigenvalue weighted by Gasteiger charge is -2.49. The highest BCUT2D eigenvalue weighted by Crippen LogP contribution is 2.52. The van der Waals surface area contributed by atoms with Crippen LogP contribution in [0.15, 0.2) is 63.5 Å². The minimum absolute atomic E-state index is 0.0860. The van der Waals surface area contributed by atoms with Crippen molar-refractivity contribution in [3.63, 3.8) is 0 Å². The molecule has 1 unspecified atom stereocenters. The van der Waals surface area contributed by atoms with Crippen LogP contribution in [0.2, 0.25) is 0 Å². The summed E-state index contributed by atoms with van der Waals surface area (Å²) in [7, 11) is 1.81. The molecule has 35 heavy (non-hydrogen) atoms. The molecule has 1 saturated heterocycles. The van der Waals surface area contributed by atoms with Crippen LogP contribution in [-0.2, 0) is 10.3 Å². The largest absolute Gasteiger partial charge is 0.457 e. The Morgan fingerprint density at radius 3 is 2.34 bits per heavy atom. The molecule has 4 aliphatic heterocycles. The van der Waals surface area contributed by atoms with Gasteiger partial charge in [-0.15, -0.1) is 0 Å². The number of aliphatic hydroxyl groups is 3. The van der Waals surface area contributed by atoms with Crippen LogP contribution < -0.4 is 15.8 Å². The first-order valence-electron chi connectivity index (χ1n) is 11.4. The first-order valence-corrected chi connectivity index (χ1v) is 11.4. The highest BCUT2D eigenvalue weighted by atomic mass is 16.6. The first-order chi connectivity index (χ1) is 17.0. The fraction of sp³-hybridized carbons (Fsp3) is 0.375. The third kappa shape index (κ3) is 2.84. The van der Waals surface area contributed by atoms with Gasteiger partial charge in [-0.25, -0.2) is 9.98 Å². The summed E-state index contributed by atoms with van der Waals surface area (Å²) in [6.07, 6.45) is -3.01. The number of hydrogen-bond donors (Lipinski definition) is 5. The number of nitrogens with zero attached hydrogens (tertiary/aromatic N) is 4. The number of nitrogens with one attached hydrogen (secondary N) is 1. The van der Waals surface area contributed by atoms with E-state index in [1.54, 1.807) is 4.90 Å². The van der Waals surface area contributed by atoms with Gasteiger partial charge in [-0.3, -0.25) is 10.7 Å². The summed E-state index contributed by atoms with van der Waals surface area (Å²) >= 11 is 0. The molecule has 0 radical (unpaired) electrons. The van der Waals surface area contributed by atoms with Gasteiger partial charge in [0.2, 0.25) is 0 Å². The molecule has 0 bridgehead atoms. The third-order valence-corrected chi connectivity index (χ3v) is 7.24. The van der Waals surface area contributed by atoms with Crippen molar-refractivity contribution in [2.75, 3.05) is 20.3 Å². The van der Waals surface area contributed by atoms with E-state index in [4.69, 9.17) is 25.2 Å². The summed E-state index contributed by atoms with van der Waals surface area (Å²) in [5, 5.41) is 33.9. The third-order valence-electron chi connectivity index (χ3n) is 7.24. The van der Waals surface area contributed by atoms with Crippen molar-refractivity contribution in [3.8, 4) is 11.5 Å². The van der Waals surface area contributed by atoms with E-state index >= 15 is 0 Å². The zero-order valence-corrected chi connectivity index (χ0v) is 18.9. The molecule has 11 nitrogen and oxygen atoms in total. The van der Waals surface area contributed by atoms with Gasteiger partial charge in [0, 0.05) is 11.1 Å². The SMILES string of the molecule is CNC1(C2(N)N=CN=C3C2=NCN3[C@@H]2O[C@H](CO)[C@@H](O)[C@H]2O)c2ccccc2Oc2ccccc21. The molecule has 182 valence electrons. The molecule has 0 spiro atoms. The number of aliphatic hydroxyl groups excluding tert-OH is 3. The smallest absolute Gasteiger partial charge is 0.182 e. The summed E-state index contributed by atoms with van der Waals surface area (Å²) < 4.78 is 11.9. The first kappa shape index (κ1) is 22.3. The Hall–Kier alpha value is -3.19. The van der Waals surface area contributed by atoms with Crippen LogP contribution in [0.5, 0.6) is 11.5 Å². The van der Waals surface area contributed by atoms with Crippen molar-refractivity contribution in [1.29, 1.82) is 0 Å². The predicted octanol–water partition coefficient (Wildman–Crippen LogP) is -0.496. The monoisotopic (exact) mass is 478 g/mol. The predicted molar refractivity (Wildman–Crippen MR) is 128 cm³/mol. The molecule has 0 aliphatic carbocycles. The van der Waals surface area contributed by atoms with Crippen LogP contribution in [0.4, 0.5) is 0 Å². The Balaban J connectivity index is 1.48. The summed E-state index contributed by atoms with van der Waals surface area (Å²) in [6, 6.07) is 15.2. The second-order valence-corrected chi connectivity index (χ2v) is 8.90. The van der Waals surface area contributed by atoms with Gasteiger partial charge in [0.1, 0.15) is 54.1 Å². The summed E-state index contributed by atoms with van der Waals surface area (Å²) in [6.45, 7) is -0.343. The van der Waals surface area contributed by atoms with Gasteiger partial charge in [-0.2, -0.15) is 0 Å². The minimum Gasteiger partial charge on any atom is -0.457 e. The molecule has 6 N–H and O–H groups in total. The second-order valence-electron chi connectivity index (χ2n) is 8.90. The molecule has 0 aromatic heterocycles. The number of fused-ring (bicyclic) bond motifs is 3. The van der Waals surface area contributed by atoms with Crippen LogP contribution in [0, 0.1) is 0 Å². The minimum atomic E-state index is -1.46. The van der Waals surface area contributed by atoms with E-state index in [-0.39, 0.29) is 6.67 Å². The lowest BCUT2D eigenvalue weighted by atomic mass is 9.69. The number of likely N-dealkylation sites (N-methyl/N-ethyl adjacent to an activating group) is 1. The number of hydrogen-bond acceptors (Lipinski definition) is 11. The van der Waals surface area contributed by atoms with Crippen molar-refractivity contribution in [1.82, 2.24) is 10.2 Å². The van der Waals surface area contributed by atoms with E-state index in [1.165, 1.54) is 6.34 Å². The molecule has 2 aromatic rings. The average molecular weight is 479 g/mol. The number of amidine groups is 1. The summed E-state index contributed by atoms with van der Waals surface area (Å²) in [5.41, 5.74) is 6.67. The van der Waals surface area contributed by atoms with E-state index < -0.39 is 42.3 Å². The Morgan fingerprint density at radius 1 is 1.09 bits per heavy atom.